The van der Waals surface area contributed by atoms with Crippen molar-refractivity contribution in [2.24, 2.45) is 0 Å². The monoisotopic (exact) mass is 274 g/mol. The van der Waals surface area contributed by atoms with Gasteiger partial charge >= 0.3 is 0 Å². The molecule has 7 aromatic rings. The summed E-state index contributed by atoms with van der Waals surface area (Å²) in [5.41, 5.74) is 0. The van der Waals surface area contributed by atoms with E-state index in [4.69, 9.17) is 0 Å². The van der Waals surface area contributed by atoms with Crippen LogP contribution in [0.2, 0.25) is 0 Å². The van der Waals surface area contributed by atoms with Gasteiger partial charge in [0.05, 0.1) is 0 Å². The molecule has 0 spiro atoms. The molecule has 0 bridgehead atoms. The van der Waals surface area contributed by atoms with Gasteiger partial charge in [0, 0.05) is 0 Å². The first kappa shape index (κ1) is 9.97. The van der Waals surface area contributed by atoms with E-state index in [-0.39, 0.29) is 0 Å². The van der Waals surface area contributed by atoms with Crippen molar-refractivity contribution < 1.29 is 0 Å². The molecule has 22 heavy (non-hydrogen) atoms. The van der Waals surface area contributed by atoms with Gasteiger partial charge in [0.25, 0.3) is 0 Å². The number of hydrogen-bond acceptors (Lipinski definition) is 0. The van der Waals surface area contributed by atoms with E-state index in [0.717, 1.165) is 0 Å². The highest BCUT2D eigenvalue weighted by Gasteiger charge is 2.21. The Labute approximate surface area is 125 Å². The molecular formula is C22H10. The summed E-state index contributed by atoms with van der Waals surface area (Å²) in [5, 5.41) is 17.1. The first-order valence-electron chi connectivity index (χ1n) is 7.80. The van der Waals surface area contributed by atoms with Gasteiger partial charge in [-0.2, -0.15) is 0 Å². The van der Waals surface area contributed by atoms with Crippen molar-refractivity contribution in [3.8, 4) is 0 Å². The van der Waals surface area contributed by atoms with Crippen LogP contribution < -0.4 is 0 Å². The van der Waals surface area contributed by atoms with Crippen LogP contribution in [0, 0.1) is 0 Å². The molecule has 98 valence electrons. The van der Waals surface area contributed by atoms with E-state index in [9.17, 15) is 0 Å². The molecule has 0 N–H and O–H groups in total. The largest absolute Gasteiger partial charge is 0.0537 e. The normalized spacial score (nSPS) is 13.5. The minimum atomic E-state index is 1.37. The smallest absolute Gasteiger partial charge is 0.000181 e. The minimum Gasteiger partial charge on any atom is -0.0537 e. The molecule has 0 aliphatic carbocycles. The van der Waals surface area contributed by atoms with Gasteiger partial charge in [-0.1, -0.05) is 48.5 Å². The Morgan fingerprint density at radius 2 is 0.591 bits per heavy atom. The van der Waals surface area contributed by atoms with Gasteiger partial charge in [0.1, 0.15) is 0 Å². The van der Waals surface area contributed by atoms with Gasteiger partial charge in [0.2, 0.25) is 0 Å². The van der Waals surface area contributed by atoms with Crippen LogP contribution in [0.5, 0.6) is 0 Å². The van der Waals surface area contributed by atoms with E-state index in [1.807, 2.05) is 0 Å². The van der Waals surface area contributed by atoms with E-state index in [0.29, 0.717) is 0 Å². The fourth-order valence-electron chi connectivity index (χ4n) is 4.80. The van der Waals surface area contributed by atoms with Gasteiger partial charge < -0.3 is 0 Å². The fraction of sp³-hybridized carbons (Fsp3) is 0. The van der Waals surface area contributed by atoms with Gasteiger partial charge in [-0.3, -0.25) is 0 Å². The highest BCUT2D eigenvalue weighted by Crippen LogP contribution is 2.50. The van der Waals surface area contributed by atoms with E-state index >= 15 is 0 Å². The minimum absolute atomic E-state index is 1.37. The lowest BCUT2D eigenvalue weighted by molar-refractivity contribution is 1.88. The van der Waals surface area contributed by atoms with Gasteiger partial charge in [-0.05, 0) is 76.8 Å². The summed E-state index contributed by atoms with van der Waals surface area (Å²) < 4.78 is 0. The predicted octanol–water partition coefficient (Wildman–Crippen LogP) is 6.36. The number of rotatable bonds is 0. The Kier molecular flexibility index (Phi) is 1.30. The molecule has 0 aromatic heterocycles. The molecule has 0 saturated carbocycles. The maximum absolute atomic E-state index is 2.36. The Hall–Kier alpha value is -2.86. The topological polar surface area (TPSA) is 0 Å². The van der Waals surface area contributed by atoms with E-state index in [1.165, 1.54) is 64.6 Å². The summed E-state index contributed by atoms with van der Waals surface area (Å²) in [7, 11) is 0. The van der Waals surface area contributed by atoms with Crippen molar-refractivity contribution >= 4 is 64.6 Å². The van der Waals surface area contributed by atoms with Crippen molar-refractivity contribution in [1.29, 1.82) is 0 Å². The fourth-order valence-corrected chi connectivity index (χ4v) is 4.80. The van der Waals surface area contributed by atoms with Crippen LogP contribution in [0.4, 0.5) is 0 Å². The number of benzene rings is 5. The molecule has 0 nitrogen and oxygen atoms in total. The third-order valence-electron chi connectivity index (χ3n) is 5.62. The lowest BCUT2D eigenvalue weighted by Crippen LogP contribution is -1.77. The molecule has 0 heteroatoms. The maximum Gasteiger partial charge on any atom is -0.000181 e. The summed E-state index contributed by atoms with van der Waals surface area (Å²) in [6.07, 6.45) is 0. The Morgan fingerprint density at radius 1 is 0.273 bits per heavy atom. The van der Waals surface area contributed by atoms with Crippen molar-refractivity contribution in [3.05, 3.63) is 60.7 Å². The summed E-state index contributed by atoms with van der Waals surface area (Å²) in [4.78, 5) is 0. The van der Waals surface area contributed by atoms with Crippen LogP contribution in [0.15, 0.2) is 60.7 Å². The molecule has 0 fully saturated rings. The summed E-state index contributed by atoms with van der Waals surface area (Å²) >= 11 is 0. The lowest BCUT2D eigenvalue weighted by atomic mass is 9.97. The SMILES string of the molecule is c1cc2cc3ccc4ccc5ccc6cc1c2c1c6c5c4c31. The highest BCUT2D eigenvalue weighted by atomic mass is 14.2. The molecule has 0 heterocycles. The Morgan fingerprint density at radius 3 is 1.05 bits per heavy atom. The molecule has 7 rings (SSSR count). The van der Waals surface area contributed by atoms with Crippen LogP contribution in [-0.4, -0.2) is 0 Å². The van der Waals surface area contributed by atoms with Crippen LogP contribution in [0.1, 0.15) is 0 Å². The van der Waals surface area contributed by atoms with Gasteiger partial charge in [-0.15, -0.1) is 0 Å². The summed E-state index contributed by atoms with van der Waals surface area (Å²) in [6.45, 7) is 0. The quantitative estimate of drug-likeness (QED) is 0.282. The molecule has 0 aliphatic rings. The standard InChI is InChI=1S/C22H10/c1-2-12-4-6-16-10-14-8-7-13-9-15-5-3-11(1)18-19(12)21(16)22(17(13)14)20(15)18/h1-10H. The predicted molar refractivity (Wildman–Crippen MR) is 96.2 cm³/mol. The second-order valence-corrected chi connectivity index (χ2v) is 6.60. The first-order chi connectivity index (χ1) is 10.9. The van der Waals surface area contributed by atoms with Crippen LogP contribution in [0.25, 0.3) is 64.6 Å². The second-order valence-electron chi connectivity index (χ2n) is 6.60. The molecule has 7 aromatic carbocycles. The average Bonchev–Trinajstić information content (AvgIpc) is 3.12. The zero-order chi connectivity index (χ0) is 14.0. The molecule has 0 aliphatic heterocycles. The van der Waals surface area contributed by atoms with E-state index in [2.05, 4.69) is 60.7 Å². The first-order valence-corrected chi connectivity index (χ1v) is 7.80. The van der Waals surface area contributed by atoms with Crippen molar-refractivity contribution in [2.75, 3.05) is 0 Å². The zero-order valence-electron chi connectivity index (χ0n) is 11.8. The summed E-state index contributed by atoms with van der Waals surface area (Å²) in [5.74, 6) is 0. The molecule has 0 amide bonds. The lowest BCUT2D eigenvalue weighted by Gasteiger charge is -2.06. The van der Waals surface area contributed by atoms with Crippen molar-refractivity contribution in [3.63, 3.8) is 0 Å². The molecular weight excluding hydrogens is 264 g/mol. The van der Waals surface area contributed by atoms with Crippen molar-refractivity contribution in [1.82, 2.24) is 0 Å². The Balaban J connectivity index is 2.14. The third kappa shape index (κ3) is 0.835. The maximum atomic E-state index is 2.36. The third-order valence-corrected chi connectivity index (χ3v) is 5.62. The van der Waals surface area contributed by atoms with Crippen LogP contribution >= 0.6 is 0 Å². The summed E-state index contributed by atoms with van der Waals surface area (Å²) in [6, 6.07) is 22.9. The zero-order valence-corrected chi connectivity index (χ0v) is 11.8. The highest BCUT2D eigenvalue weighted by molar-refractivity contribution is 6.47. The average molecular weight is 274 g/mol. The van der Waals surface area contributed by atoms with E-state index in [1.54, 1.807) is 0 Å². The number of hydrogen-bond donors (Lipinski definition) is 0. The Bertz CT molecular complexity index is 1340. The molecule has 0 atom stereocenters. The van der Waals surface area contributed by atoms with Crippen LogP contribution in [-0.2, 0) is 0 Å². The van der Waals surface area contributed by atoms with Gasteiger partial charge in [0.15, 0.2) is 0 Å². The van der Waals surface area contributed by atoms with Gasteiger partial charge in [-0.25, -0.2) is 0 Å². The van der Waals surface area contributed by atoms with Crippen LogP contribution in [0.3, 0.4) is 0 Å². The van der Waals surface area contributed by atoms with Crippen molar-refractivity contribution in [2.45, 2.75) is 0 Å². The molecule has 0 unspecified atom stereocenters. The molecule has 0 saturated heterocycles. The van der Waals surface area contributed by atoms with E-state index < -0.39 is 0 Å². The molecule has 0 radical (unpaired) electrons. The second kappa shape index (κ2) is 2.86.